The van der Waals surface area contributed by atoms with Gasteiger partial charge >= 0.3 is 0 Å². The number of nitrogens with zero attached hydrogens (tertiary/aromatic N) is 2. The summed E-state index contributed by atoms with van der Waals surface area (Å²) in [6.07, 6.45) is 1.52. The molecule has 0 saturated heterocycles. The zero-order valence-corrected chi connectivity index (χ0v) is 6.14. The molecular weight excluding hydrogens is 156 g/mol. The number of phenols is 1. The molecule has 2 aromatic rings. The standard InChI is InChI=1S/C8H6N2O2/c11-7-3-1-6(2-4-7)8-5-9-12-10-8/h1-5,11H. The summed E-state index contributed by atoms with van der Waals surface area (Å²) in [5, 5.41) is 16.1. The predicted molar refractivity (Wildman–Crippen MR) is 41.4 cm³/mol. The summed E-state index contributed by atoms with van der Waals surface area (Å²) in [5.74, 6) is 0.232. The van der Waals surface area contributed by atoms with Crippen LogP contribution in [-0.4, -0.2) is 15.4 Å². The van der Waals surface area contributed by atoms with Crippen LogP contribution in [0.5, 0.6) is 5.75 Å². The van der Waals surface area contributed by atoms with Crippen molar-refractivity contribution in [1.29, 1.82) is 0 Å². The summed E-state index contributed by atoms with van der Waals surface area (Å²) in [4.78, 5) is 0. The summed E-state index contributed by atoms with van der Waals surface area (Å²) in [7, 11) is 0. The number of phenolic OH excluding ortho intramolecular Hbond substituents is 1. The lowest BCUT2D eigenvalue weighted by Gasteiger charge is -1.93. The highest BCUT2D eigenvalue weighted by atomic mass is 16.6. The minimum absolute atomic E-state index is 0.232. The molecule has 1 aromatic carbocycles. The number of hydrogen-bond acceptors (Lipinski definition) is 4. The fraction of sp³-hybridized carbons (Fsp3) is 0. The van der Waals surface area contributed by atoms with Crippen LogP contribution in [0.2, 0.25) is 0 Å². The van der Waals surface area contributed by atoms with E-state index in [1.165, 1.54) is 6.20 Å². The molecule has 0 saturated carbocycles. The van der Waals surface area contributed by atoms with Crippen molar-refractivity contribution in [2.45, 2.75) is 0 Å². The zero-order valence-electron chi connectivity index (χ0n) is 6.14. The molecule has 0 atom stereocenters. The largest absolute Gasteiger partial charge is 0.508 e. The molecule has 2 rings (SSSR count). The highest BCUT2D eigenvalue weighted by Gasteiger charge is 2.00. The normalized spacial score (nSPS) is 10.0. The lowest BCUT2D eigenvalue weighted by Crippen LogP contribution is -1.74. The molecule has 0 aliphatic carbocycles. The number of hydrogen-bond donors (Lipinski definition) is 1. The van der Waals surface area contributed by atoms with Gasteiger partial charge in [0.2, 0.25) is 0 Å². The van der Waals surface area contributed by atoms with Crippen molar-refractivity contribution in [3.63, 3.8) is 0 Å². The molecule has 4 heteroatoms. The van der Waals surface area contributed by atoms with Crippen LogP contribution in [0.25, 0.3) is 11.3 Å². The molecular formula is C8H6N2O2. The average Bonchev–Trinajstić information content (AvgIpc) is 2.58. The number of benzene rings is 1. The number of aromatic hydroxyl groups is 1. The molecule has 0 amide bonds. The number of aromatic nitrogens is 2. The van der Waals surface area contributed by atoms with Gasteiger partial charge in [-0.3, -0.25) is 0 Å². The Balaban J connectivity index is 2.43. The Bertz CT molecular complexity index is 353. The van der Waals surface area contributed by atoms with Crippen molar-refractivity contribution in [3.8, 4) is 17.0 Å². The first-order chi connectivity index (χ1) is 5.86. The third-order valence-electron chi connectivity index (χ3n) is 1.52. The van der Waals surface area contributed by atoms with E-state index in [-0.39, 0.29) is 5.75 Å². The van der Waals surface area contributed by atoms with Crippen molar-refractivity contribution in [1.82, 2.24) is 10.3 Å². The van der Waals surface area contributed by atoms with Gasteiger partial charge in [-0.15, -0.1) is 0 Å². The van der Waals surface area contributed by atoms with Gasteiger partial charge in [0, 0.05) is 5.56 Å². The number of rotatable bonds is 1. The lowest BCUT2D eigenvalue weighted by molar-refractivity contribution is 0.308. The third kappa shape index (κ3) is 1.14. The Kier molecular flexibility index (Phi) is 1.51. The van der Waals surface area contributed by atoms with E-state index in [0.717, 1.165) is 5.56 Å². The van der Waals surface area contributed by atoms with E-state index in [1.54, 1.807) is 24.3 Å². The summed E-state index contributed by atoms with van der Waals surface area (Å²) < 4.78 is 4.44. The zero-order chi connectivity index (χ0) is 8.39. The van der Waals surface area contributed by atoms with E-state index < -0.39 is 0 Å². The van der Waals surface area contributed by atoms with Crippen molar-refractivity contribution in [2.24, 2.45) is 0 Å². The topological polar surface area (TPSA) is 59.2 Å². The van der Waals surface area contributed by atoms with Crippen LogP contribution in [0.4, 0.5) is 0 Å². The SMILES string of the molecule is Oc1ccc(-c2cnon2)cc1. The van der Waals surface area contributed by atoms with Crippen LogP contribution in [0.3, 0.4) is 0 Å². The van der Waals surface area contributed by atoms with Crippen LogP contribution in [0.15, 0.2) is 35.1 Å². The molecule has 0 fully saturated rings. The fourth-order valence-electron chi connectivity index (χ4n) is 0.924. The van der Waals surface area contributed by atoms with Crippen molar-refractivity contribution < 1.29 is 9.74 Å². The first-order valence-electron chi connectivity index (χ1n) is 3.43. The van der Waals surface area contributed by atoms with E-state index in [4.69, 9.17) is 5.11 Å². The van der Waals surface area contributed by atoms with E-state index in [2.05, 4.69) is 14.9 Å². The van der Waals surface area contributed by atoms with Gasteiger partial charge in [0.15, 0.2) is 0 Å². The molecule has 1 N–H and O–H groups in total. The monoisotopic (exact) mass is 162 g/mol. The Morgan fingerprint density at radius 2 is 1.92 bits per heavy atom. The molecule has 0 aliphatic heterocycles. The molecule has 12 heavy (non-hydrogen) atoms. The maximum absolute atomic E-state index is 8.99. The van der Waals surface area contributed by atoms with Gasteiger partial charge in [-0.1, -0.05) is 5.16 Å². The quantitative estimate of drug-likeness (QED) is 0.689. The van der Waals surface area contributed by atoms with E-state index >= 15 is 0 Å². The van der Waals surface area contributed by atoms with E-state index in [0.29, 0.717) is 5.69 Å². The molecule has 0 radical (unpaired) electrons. The summed E-state index contributed by atoms with van der Waals surface area (Å²) >= 11 is 0. The maximum atomic E-state index is 8.99. The first kappa shape index (κ1) is 6.84. The molecule has 4 nitrogen and oxygen atoms in total. The van der Waals surface area contributed by atoms with Crippen LogP contribution >= 0.6 is 0 Å². The molecule has 60 valence electrons. The summed E-state index contributed by atoms with van der Waals surface area (Å²) in [6, 6.07) is 6.66. The van der Waals surface area contributed by atoms with Crippen molar-refractivity contribution >= 4 is 0 Å². The van der Waals surface area contributed by atoms with Gasteiger partial charge in [-0.2, -0.15) is 0 Å². The molecule has 1 heterocycles. The molecule has 0 unspecified atom stereocenters. The Hall–Kier alpha value is -1.84. The van der Waals surface area contributed by atoms with Gasteiger partial charge in [0.1, 0.15) is 11.4 Å². The van der Waals surface area contributed by atoms with E-state index in [9.17, 15) is 0 Å². The van der Waals surface area contributed by atoms with Gasteiger partial charge in [0.05, 0.1) is 6.20 Å². The molecule has 0 spiro atoms. The maximum Gasteiger partial charge on any atom is 0.135 e. The summed E-state index contributed by atoms with van der Waals surface area (Å²) in [5.41, 5.74) is 1.53. The second-order valence-electron chi connectivity index (χ2n) is 2.34. The predicted octanol–water partition coefficient (Wildman–Crippen LogP) is 1.44. The van der Waals surface area contributed by atoms with E-state index in [1.807, 2.05) is 0 Å². The average molecular weight is 162 g/mol. The van der Waals surface area contributed by atoms with Gasteiger partial charge < -0.3 is 5.11 Å². The van der Waals surface area contributed by atoms with Gasteiger partial charge in [0.25, 0.3) is 0 Å². The van der Waals surface area contributed by atoms with Crippen LogP contribution < -0.4 is 0 Å². The minimum atomic E-state index is 0.232. The van der Waals surface area contributed by atoms with Gasteiger partial charge in [-0.25, -0.2) is 4.63 Å². The van der Waals surface area contributed by atoms with Crippen LogP contribution in [0.1, 0.15) is 0 Å². The Morgan fingerprint density at radius 3 is 2.50 bits per heavy atom. The van der Waals surface area contributed by atoms with Crippen LogP contribution in [0, 0.1) is 0 Å². The second-order valence-corrected chi connectivity index (χ2v) is 2.34. The first-order valence-corrected chi connectivity index (χ1v) is 3.43. The fourth-order valence-corrected chi connectivity index (χ4v) is 0.924. The second kappa shape index (κ2) is 2.65. The van der Waals surface area contributed by atoms with Crippen LogP contribution in [-0.2, 0) is 0 Å². The molecule has 0 bridgehead atoms. The van der Waals surface area contributed by atoms with Crippen molar-refractivity contribution in [3.05, 3.63) is 30.5 Å². The Labute approximate surface area is 68.4 Å². The molecule has 0 aliphatic rings. The van der Waals surface area contributed by atoms with Crippen molar-refractivity contribution in [2.75, 3.05) is 0 Å². The summed E-state index contributed by atoms with van der Waals surface area (Å²) in [6.45, 7) is 0. The highest BCUT2D eigenvalue weighted by Crippen LogP contribution is 2.18. The minimum Gasteiger partial charge on any atom is -0.508 e. The Morgan fingerprint density at radius 1 is 1.17 bits per heavy atom. The van der Waals surface area contributed by atoms with Gasteiger partial charge in [-0.05, 0) is 29.4 Å². The highest BCUT2D eigenvalue weighted by molar-refractivity contribution is 5.58. The third-order valence-corrected chi connectivity index (χ3v) is 1.52. The lowest BCUT2D eigenvalue weighted by atomic mass is 10.2. The smallest absolute Gasteiger partial charge is 0.135 e. The molecule has 1 aromatic heterocycles.